The van der Waals surface area contributed by atoms with Crippen LogP contribution < -0.4 is 10.5 Å². The maximum absolute atomic E-state index is 13.3. The van der Waals surface area contributed by atoms with Crippen LogP contribution in [0.3, 0.4) is 0 Å². The molecule has 0 radical (unpaired) electrons. The van der Waals surface area contributed by atoms with Crippen molar-refractivity contribution in [3.8, 4) is 5.75 Å². The first kappa shape index (κ1) is 27.2. The minimum atomic E-state index is -1.35. The van der Waals surface area contributed by atoms with Gasteiger partial charge in [0.15, 0.2) is 5.60 Å². The van der Waals surface area contributed by atoms with Crippen molar-refractivity contribution >= 4 is 23.5 Å². The molecule has 0 saturated carbocycles. The lowest BCUT2D eigenvalue weighted by Gasteiger charge is -2.36. The number of methoxy groups -OCH3 is 1. The number of rotatable bonds is 9. The van der Waals surface area contributed by atoms with Gasteiger partial charge in [0, 0.05) is 28.1 Å². The summed E-state index contributed by atoms with van der Waals surface area (Å²) in [6.07, 6.45) is -0.0145. The van der Waals surface area contributed by atoms with Gasteiger partial charge in [0.05, 0.1) is 7.11 Å². The Labute approximate surface area is 217 Å². The first-order chi connectivity index (χ1) is 17.1. The average molecular weight is 510 g/mol. The highest BCUT2D eigenvalue weighted by molar-refractivity contribution is 6.31. The molecular formula is C29H32ClNO5. The Balaban J connectivity index is 2.02. The van der Waals surface area contributed by atoms with Gasteiger partial charge in [0.25, 0.3) is 0 Å². The molecule has 190 valence electrons. The van der Waals surface area contributed by atoms with E-state index in [9.17, 15) is 9.59 Å². The number of benzene rings is 3. The summed E-state index contributed by atoms with van der Waals surface area (Å²) in [5.74, 6) is -0.436. The molecule has 2 atom stereocenters. The van der Waals surface area contributed by atoms with E-state index >= 15 is 0 Å². The first-order valence-electron chi connectivity index (χ1n) is 11.7. The zero-order chi connectivity index (χ0) is 26.3. The van der Waals surface area contributed by atoms with Crippen molar-refractivity contribution in [2.75, 3.05) is 7.11 Å². The van der Waals surface area contributed by atoms with Crippen molar-refractivity contribution in [3.05, 3.63) is 101 Å². The Morgan fingerprint density at radius 1 is 0.861 bits per heavy atom. The van der Waals surface area contributed by atoms with Crippen LogP contribution in [0.5, 0.6) is 5.75 Å². The monoisotopic (exact) mass is 509 g/mol. The third-order valence-electron chi connectivity index (χ3n) is 5.57. The number of nitrogens with two attached hydrogens (primary N) is 1. The molecule has 0 heterocycles. The number of hydrogen-bond donors (Lipinski definition) is 1. The van der Waals surface area contributed by atoms with E-state index in [0.29, 0.717) is 27.5 Å². The average Bonchev–Trinajstić information content (AvgIpc) is 2.86. The summed E-state index contributed by atoms with van der Waals surface area (Å²) in [6, 6.07) is 23.0. The molecule has 0 aliphatic carbocycles. The fourth-order valence-electron chi connectivity index (χ4n) is 3.89. The van der Waals surface area contributed by atoms with Crippen molar-refractivity contribution in [1.29, 1.82) is 0 Å². The fraction of sp³-hybridized carbons (Fsp3) is 0.310. The van der Waals surface area contributed by atoms with Crippen LogP contribution in [0.4, 0.5) is 0 Å². The Hall–Kier alpha value is -3.35. The molecule has 3 rings (SSSR count). The van der Waals surface area contributed by atoms with Crippen LogP contribution in [-0.2, 0) is 24.7 Å². The smallest absolute Gasteiger partial charge is 0.323 e. The molecule has 0 bridgehead atoms. The zero-order valence-corrected chi connectivity index (χ0v) is 21.7. The Morgan fingerprint density at radius 2 is 1.44 bits per heavy atom. The van der Waals surface area contributed by atoms with E-state index in [2.05, 4.69) is 0 Å². The Bertz CT molecular complexity index is 1170. The number of carbonyl (C=O) groups excluding carboxylic acids is 2. The predicted molar refractivity (Wildman–Crippen MR) is 140 cm³/mol. The number of carbonyl (C=O) groups is 2. The summed E-state index contributed by atoms with van der Waals surface area (Å²) in [7, 11) is 1.58. The Morgan fingerprint density at radius 3 is 2.03 bits per heavy atom. The SMILES string of the molecule is COc1ccc(C(OC(=O)CC[C@H](N)C(=O)OC(C)(C)C)(c2ccccc2)c2ccccc2Cl)cc1. The van der Waals surface area contributed by atoms with Crippen LogP contribution in [0.15, 0.2) is 78.9 Å². The highest BCUT2D eigenvalue weighted by atomic mass is 35.5. The lowest BCUT2D eigenvalue weighted by molar-refractivity contribution is -0.157. The van der Waals surface area contributed by atoms with Gasteiger partial charge in [-0.1, -0.05) is 72.3 Å². The molecule has 6 nitrogen and oxygen atoms in total. The molecule has 0 aromatic heterocycles. The fourth-order valence-corrected chi connectivity index (χ4v) is 4.16. The van der Waals surface area contributed by atoms with Crippen LogP contribution in [0.25, 0.3) is 0 Å². The van der Waals surface area contributed by atoms with Crippen LogP contribution in [0.1, 0.15) is 50.3 Å². The molecule has 0 fully saturated rings. The summed E-state index contributed by atoms with van der Waals surface area (Å²) in [5, 5.41) is 0.440. The van der Waals surface area contributed by atoms with E-state index in [4.69, 9.17) is 31.5 Å². The van der Waals surface area contributed by atoms with Gasteiger partial charge < -0.3 is 19.9 Å². The van der Waals surface area contributed by atoms with E-state index in [0.717, 1.165) is 0 Å². The highest BCUT2D eigenvalue weighted by Gasteiger charge is 2.42. The van der Waals surface area contributed by atoms with Crippen LogP contribution in [0, 0.1) is 0 Å². The largest absolute Gasteiger partial charge is 0.497 e. The molecule has 3 aromatic carbocycles. The number of halogens is 1. The topological polar surface area (TPSA) is 87.9 Å². The summed E-state index contributed by atoms with van der Waals surface area (Å²) < 4.78 is 17.0. The molecule has 2 N–H and O–H groups in total. The zero-order valence-electron chi connectivity index (χ0n) is 21.0. The summed E-state index contributed by atoms with van der Waals surface area (Å²) >= 11 is 6.68. The standard InChI is InChI=1S/C29H32ClNO5/c1-28(2,3)36-27(33)25(31)18-19-26(32)35-29(20-10-6-5-7-11-20,23-12-8-9-13-24(23)30)21-14-16-22(34-4)17-15-21/h5-17,25H,18-19,31H2,1-4H3/t25-,29?/m0/s1. The molecule has 0 aliphatic rings. The lowest BCUT2D eigenvalue weighted by Crippen LogP contribution is -2.39. The van der Waals surface area contributed by atoms with E-state index in [1.807, 2.05) is 60.7 Å². The second kappa shape index (κ2) is 11.6. The summed E-state index contributed by atoms with van der Waals surface area (Å²) in [5.41, 5.74) is 6.00. The molecule has 7 heteroatoms. The number of esters is 2. The van der Waals surface area contributed by atoms with Gasteiger partial charge in [-0.25, -0.2) is 0 Å². The Kier molecular flexibility index (Phi) is 8.77. The molecular weight excluding hydrogens is 478 g/mol. The molecule has 0 spiro atoms. The summed E-state index contributed by atoms with van der Waals surface area (Å²) in [4.78, 5) is 25.6. The summed E-state index contributed by atoms with van der Waals surface area (Å²) in [6.45, 7) is 5.29. The van der Waals surface area contributed by atoms with Crippen LogP contribution in [0.2, 0.25) is 5.02 Å². The minimum Gasteiger partial charge on any atom is -0.497 e. The van der Waals surface area contributed by atoms with Crippen molar-refractivity contribution in [2.45, 2.75) is 50.9 Å². The van der Waals surface area contributed by atoms with Crippen LogP contribution >= 0.6 is 11.6 Å². The maximum Gasteiger partial charge on any atom is 0.323 e. The lowest BCUT2D eigenvalue weighted by atomic mass is 9.80. The van der Waals surface area contributed by atoms with Gasteiger partial charge in [-0.15, -0.1) is 0 Å². The van der Waals surface area contributed by atoms with E-state index in [-0.39, 0.29) is 12.8 Å². The maximum atomic E-state index is 13.3. The highest BCUT2D eigenvalue weighted by Crippen LogP contribution is 2.44. The third-order valence-corrected chi connectivity index (χ3v) is 5.90. The van der Waals surface area contributed by atoms with E-state index < -0.39 is 29.2 Å². The van der Waals surface area contributed by atoms with Gasteiger partial charge in [-0.05, 0) is 45.4 Å². The molecule has 0 aliphatic heterocycles. The molecule has 0 saturated heterocycles. The van der Waals surface area contributed by atoms with Gasteiger partial charge in [-0.2, -0.15) is 0 Å². The predicted octanol–water partition coefficient (Wildman–Crippen LogP) is 5.63. The van der Waals surface area contributed by atoms with E-state index in [1.54, 1.807) is 46.1 Å². The molecule has 36 heavy (non-hydrogen) atoms. The number of hydrogen-bond acceptors (Lipinski definition) is 6. The van der Waals surface area contributed by atoms with Crippen molar-refractivity contribution in [3.63, 3.8) is 0 Å². The first-order valence-corrected chi connectivity index (χ1v) is 12.1. The van der Waals surface area contributed by atoms with E-state index in [1.165, 1.54) is 0 Å². The third kappa shape index (κ3) is 6.45. The van der Waals surface area contributed by atoms with Gasteiger partial charge in [0.2, 0.25) is 0 Å². The van der Waals surface area contributed by atoms with Crippen molar-refractivity contribution in [1.82, 2.24) is 0 Å². The molecule has 1 unspecified atom stereocenters. The van der Waals surface area contributed by atoms with Crippen LogP contribution in [-0.4, -0.2) is 30.7 Å². The van der Waals surface area contributed by atoms with Crippen molar-refractivity contribution in [2.24, 2.45) is 5.73 Å². The molecule has 3 aromatic rings. The van der Waals surface area contributed by atoms with Gasteiger partial charge in [0.1, 0.15) is 17.4 Å². The number of ether oxygens (including phenoxy) is 3. The van der Waals surface area contributed by atoms with Gasteiger partial charge in [-0.3, -0.25) is 9.59 Å². The van der Waals surface area contributed by atoms with Gasteiger partial charge >= 0.3 is 11.9 Å². The van der Waals surface area contributed by atoms with Crippen molar-refractivity contribution < 1.29 is 23.8 Å². The molecule has 0 amide bonds. The second-order valence-electron chi connectivity index (χ2n) is 9.41. The normalized spacial score (nSPS) is 13.8. The quantitative estimate of drug-likeness (QED) is 0.297. The minimum absolute atomic E-state index is 0.0732. The second-order valence-corrected chi connectivity index (χ2v) is 9.82.